The average Bonchev–Trinajstić information content (AvgIpc) is 3.17. The molecule has 12 heteroatoms. The number of hydrogen-bond acceptors (Lipinski definition) is 7. The molecular weight excluding hydrogens is 467 g/mol. The minimum atomic E-state index is -3.65. The van der Waals surface area contributed by atoms with Gasteiger partial charge in [-0.3, -0.25) is 9.10 Å². The number of rotatable bonds is 8. The van der Waals surface area contributed by atoms with E-state index in [1.54, 1.807) is 22.8 Å². The van der Waals surface area contributed by atoms with Crippen molar-refractivity contribution in [1.82, 2.24) is 24.7 Å². The van der Waals surface area contributed by atoms with Gasteiger partial charge in [-0.2, -0.15) is 0 Å². The summed E-state index contributed by atoms with van der Waals surface area (Å²) in [6, 6.07) is 12.3. The minimum absolute atomic E-state index is 0.0586. The van der Waals surface area contributed by atoms with Gasteiger partial charge in [-0.15, -0.1) is 10.2 Å². The number of nitrogens with one attached hydrogen (secondary N) is 1. The van der Waals surface area contributed by atoms with E-state index in [-0.39, 0.29) is 12.1 Å². The summed E-state index contributed by atoms with van der Waals surface area (Å²) in [6.07, 6.45) is 1.08. The summed E-state index contributed by atoms with van der Waals surface area (Å²) >= 11 is 1.33. The van der Waals surface area contributed by atoms with Crippen molar-refractivity contribution in [2.75, 3.05) is 10.6 Å². The van der Waals surface area contributed by atoms with Crippen LogP contribution in [0.3, 0.4) is 0 Å². The summed E-state index contributed by atoms with van der Waals surface area (Å²) in [5.41, 5.74) is 0.728. The zero-order valence-electron chi connectivity index (χ0n) is 17.9. The van der Waals surface area contributed by atoms with Crippen molar-refractivity contribution in [3.63, 3.8) is 0 Å². The minimum Gasteiger partial charge on any atom is -0.309 e. The number of halogens is 1. The summed E-state index contributed by atoms with van der Waals surface area (Å²) in [5.74, 6) is 0.837. The number of para-hydroxylation sites is 1. The highest BCUT2D eigenvalue weighted by Gasteiger charge is 2.22. The van der Waals surface area contributed by atoms with E-state index >= 15 is 0 Å². The van der Waals surface area contributed by atoms with Crippen LogP contribution in [0.15, 0.2) is 58.5 Å². The number of H-pyrrole nitrogens is 1. The molecule has 2 heterocycles. The molecule has 0 aliphatic carbocycles. The second-order valence-electron chi connectivity index (χ2n) is 7.21. The smallest absolute Gasteiger partial charge is 0.258 e. The largest absolute Gasteiger partial charge is 0.309 e. The van der Waals surface area contributed by atoms with Gasteiger partial charge in [-0.1, -0.05) is 23.9 Å². The molecule has 0 saturated carbocycles. The van der Waals surface area contributed by atoms with Gasteiger partial charge in [0.2, 0.25) is 10.0 Å². The first-order valence-electron chi connectivity index (χ1n) is 10.0. The summed E-state index contributed by atoms with van der Waals surface area (Å²) in [7, 11) is -3.65. The van der Waals surface area contributed by atoms with Crippen molar-refractivity contribution < 1.29 is 12.8 Å². The zero-order chi connectivity index (χ0) is 23.6. The van der Waals surface area contributed by atoms with Crippen molar-refractivity contribution >= 4 is 38.4 Å². The molecule has 0 atom stereocenters. The highest BCUT2D eigenvalue weighted by atomic mass is 32.2. The third-order valence-electron chi connectivity index (χ3n) is 4.91. The molecule has 4 aromatic rings. The molecule has 33 heavy (non-hydrogen) atoms. The van der Waals surface area contributed by atoms with Crippen LogP contribution >= 0.6 is 11.8 Å². The number of benzene rings is 2. The maximum absolute atomic E-state index is 13.3. The standard InChI is InChI=1S/C21H21FN6O3S2/c1-3-27-19(12-28(33(2,30)31)15-10-8-14(22)9-11-15)25-26-21(27)32-13-18-23-17-7-5-4-6-16(17)20(29)24-18/h4-11H,3,12-13H2,1-2H3,(H,23,24,29). The lowest BCUT2D eigenvalue weighted by Gasteiger charge is -2.22. The van der Waals surface area contributed by atoms with E-state index in [1.807, 2.05) is 13.0 Å². The topological polar surface area (TPSA) is 114 Å². The van der Waals surface area contributed by atoms with Crippen molar-refractivity contribution in [1.29, 1.82) is 0 Å². The van der Waals surface area contributed by atoms with Crippen LogP contribution in [0.2, 0.25) is 0 Å². The van der Waals surface area contributed by atoms with E-state index in [0.29, 0.717) is 45.7 Å². The molecule has 1 N–H and O–H groups in total. The maximum Gasteiger partial charge on any atom is 0.258 e. The lowest BCUT2D eigenvalue weighted by Crippen LogP contribution is -2.30. The fraction of sp³-hybridized carbons (Fsp3) is 0.238. The highest BCUT2D eigenvalue weighted by Crippen LogP contribution is 2.24. The molecule has 0 radical (unpaired) electrons. The molecule has 0 fully saturated rings. The van der Waals surface area contributed by atoms with Crippen molar-refractivity contribution in [2.45, 2.75) is 30.9 Å². The summed E-state index contributed by atoms with van der Waals surface area (Å²) in [5, 5.41) is 9.47. The molecule has 0 bridgehead atoms. The van der Waals surface area contributed by atoms with Gasteiger partial charge in [0.25, 0.3) is 5.56 Å². The molecule has 2 aromatic heterocycles. The summed E-state index contributed by atoms with van der Waals surface area (Å²) in [6.45, 7) is 2.35. The van der Waals surface area contributed by atoms with Crippen LogP contribution in [0.25, 0.3) is 10.9 Å². The predicted molar refractivity (Wildman–Crippen MR) is 125 cm³/mol. The van der Waals surface area contributed by atoms with Crippen LogP contribution in [0, 0.1) is 5.82 Å². The Labute approximate surface area is 193 Å². The fourth-order valence-electron chi connectivity index (χ4n) is 3.33. The second kappa shape index (κ2) is 9.32. The Hall–Kier alpha value is -3.25. The molecule has 0 spiro atoms. The molecule has 0 aliphatic heterocycles. The number of fused-ring (bicyclic) bond motifs is 1. The van der Waals surface area contributed by atoms with E-state index in [0.717, 1.165) is 10.6 Å². The summed E-state index contributed by atoms with van der Waals surface area (Å²) in [4.78, 5) is 19.6. The van der Waals surface area contributed by atoms with Crippen LogP contribution in [0.1, 0.15) is 18.6 Å². The Balaban J connectivity index is 1.57. The van der Waals surface area contributed by atoms with Gasteiger partial charge < -0.3 is 9.55 Å². The fourth-order valence-corrected chi connectivity index (χ4v) is 5.08. The van der Waals surface area contributed by atoms with Crippen molar-refractivity contribution in [2.24, 2.45) is 0 Å². The number of aromatic nitrogens is 5. The Morgan fingerprint density at radius 3 is 2.55 bits per heavy atom. The van der Waals surface area contributed by atoms with Crippen molar-refractivity contribution in [3.8, 4) is 0 Å². The first-order chi connectivity index (χ1) is 15.8. The van der Waals surface area contributed by atoms with E-state index in [1.165, 1.54) is 36.0 Å². The summed E-state index contributed by atoms with van der Waals surface area (Å²) < 4.78 is 41.1. The van der Waals surface area contributed by atoms with Crippen LogP contribution in [0.5, 0.6) is 0 Å². The van der Waals surface area contributed by atoms with Crippen LogP contribution in [-0.2, 0) is 28.9 Å². The highest BCUT2D eigenvalue weighted by molar-refractivity contribution is 7.98. The van der Waals surface area contributed by atoms with Crippen LogP contribution in [0.4, 0.5) is 10.1 Å². The van der Waals surface area contributed by atoms with Gasteiger partial charge in [0, 0.05) is 6.54 Å². The third-order valence-corrected chi connectivity index (χ3v) is 7.03. The number of aromatic amines is 1. The van der Waals surface area contributed by atoms with Crippen molar-refractivity contribution in [3.05, 3.63) is 76.4 Å². The SMILES string of the molecule is CCn1c(CN(c2ccc(F)cc2)S(C)(=O)=O)nnc1SCc1nc2ccccc2c(=O)[nH]1. The first kappa shape index (κ1) is 22.9. The number of thioether (sulfide) groups is 1. The molecule has 2 aromatic carbocycles. The Morgan fingerprint density at radius 1 is 1.12 bits per heavy atom. The number of sulfonamides is 1. The zero-order valence-corrected chi connectivity index (χ0v) is 19.5. The third kappa shape index (κ3) is 5.06. The molecule has 0 saturated heterocycles. The van der Waals surface area contributed by atoms with E-state index < -0.39 is 15.8 Å². The van der Waals surface area contributed by atoms with Gasteiger partial charge in [-0.05, 0) is 43.3 Å². The van der Waals surface area contributed by atoms with E-state index in [2.05, 4.69) is 20.2 Å². The molecule has 172 valence electrons. The predicted octanol–water partition coefficient (Wildman–Crippen LogP) is 2.93. The molecule has 0 unspecified atom stereocenters. The molecule has 4 rings (SSSR count). The Kier molecular flexibility index (Phi) is 6.47. The number of hydrogen-bond donors (Lipinski definition) is 1. The molecular formula is C21H21FN6O3S2. The molecule has 9 nitrogen and oxygen atoms in total. The van der Waals surface area contributed by atoms with Gasteiger partial charge in [0.1, 0.15) is 11.6 Å². The number of nitrogens with zero attached hydrogens (tertiary/aromatic N) is 5. The molecule has 0 aliphatic rings. The van der Waals surface area contributed by atoms with Crippen LogP contribution in [-0.4, -0.2) is 39.4 Å². The Morgan fingerprint density at radius 2 is 1.85 bits per heavy atom. The van der Waals surface area contributed by atoms with Gasteiger partial charge in [0.05, 0.1) is 35.1 Å². The quantitative estimate of drug-likeness (QED) is 0.379. The van der Waals surface area contributed by atoms with Crippen LogP contribution < -0.4 is 9.86 Å². The molecule has 0 amide bonds. The lowest BCUT2D eigenvalue weighted by molar-refractivity contribution is 0.589. The number of anilines is 1. The normalized spacial score (nSPS) is 11.7. The second-order valence-corrected chi connectivity index (χ2v) is 10.1. The maximum atomic E-state index is 13.3. The van der Waals surface area contributed by atoms with E-state index in [9.17, 15) is 17.6 Å². The Bertz CT molecular complexity index is 1450. The monoisotopic (exact) mass is 488 g/mol. The van der Waals surface area contributed by atoms with Gasteiger partial charge in [-0.25, -0.2) is 17.8 Å². The van der Waals surface area contributed by atoms with E-state index in [4.69, 9.17) is 0 Å². The first-order valence-corrected chi connectivity index (χ1v) is 12.9. The average molecular weight is 489 g/mol. The van der Waals surface area contributed by atoms with Gasteiger partial charge >= 0.3 is 0 Å². The van der Waals surface area contributed by atoms with Gasteiger partial charge in [0.15, 0.2) is 11.0 Å². The lowest BCUT2D eigenvalue weighted by atomic mass is 10.2.